The number of amides is 1. The van der Waals surface area contributed by atoms with Gasteiger partial charge in [-0.2, -0.15) is 0 Å². The van der Waals surface area contributed by atoms with E-state index >= 15 is 0 Å². The maximum Gasteiger partial charge on any atom is 0.234 e. The van der Waals surface area contributed by atoms with Gasteiger partial charge in [-0.05, 0) is 56.1 Å². The third-order valence-electron chi connectivity index (χ3n) is 6.60. The summed E-state index contributed by atoms with van der Waals surface area (Å²) in [6.45, 7) is 6.27. The molecule has 1 aliphatic heterocycles. The maximum absolute atomic E-state index is 12.5. The summed E-state index contributed by atoms with van der Waals surface area (Å²) in [5, 5.41) is 3.94. The molecule has 4 rings (SSSR count). The molecule has 0 radical (unpaired) electrons. The van der Waals surface area contributed by atoms with E-state index in [0.717, 1.165) is 43.8 Å². The number of aromatic nitrogens is 1. The number of halogens is 1. The number of hydrogen-bond acceptors (Lipinski definition) is 4. The minimum absolute atomic E-state index is 0.179. The van der Waals surface area contributed by atoms with Crippen LogP contribution in [0.15, 0.2) is 18.3 Å². The summed E-state index contributed by atoms with van der Waals surface area (Å²) in [5.41, 5.74) is 0. The van der Waals surface area contributed by atoms with Crippen molar-refractivity contribution < 1.29 is 4.79 Å². The zero-order chi connectivity index (χ0) is 18.1. The summed E-state index contributed by atoms with van der Waals surface area (Å²) < 4.78 is 0. The number of nitrogens with zero attached hydrogens (tertiary/aromatic N) is 3. The van der Waals surface area contributed by atoms with Gasteiger partial charge in [-0.1, -0.05) is 18.0 Å². The van der Waals surface area contributed by atoms with Crippen LogP contribution in [0.3, 0.4) is 0 Å². The van der Waals surface area contributed by atoms with Crippen LogP contribution in [0.25, 0.3) is 0 Å². The number of piperazine rings is 1. The van der Waals surface area contributed by atoms with Gasteiger partial charge in [-0.3, -0.25) is 9.69 Å². The van der Waals surface area contributed by atoms with Crippen LogP contribution >= 0.6 is 11.6 Å². The van der Waals surface area contributed by atoms with E-state index in [1.807, 2.05) is 12.1 Å². The Morgan fingerprint density at radius 1 is 1.27 bits per heavy atom. The van der Waals surface area contributed by atoms with Gasteiger partial charge in [0, 0.05) is 38.4 Å². The molecule has 5 nitrogen and oxygen atoms in total. The predicted octanol–water partition coefficient (Wildman–Crippen LogP) is 2.80. The molecule has 2 aliphatic carbocycles. The van der Waals surface area contributed by atoms with Gasteiger partial charge in [-0.25, -0.2) is 4.98 Å². The highest BCUT2D eigenvalue weighted by molar-refractivity contribution is 6.30. The Balaban J connectivity index is 1.21. The molecule has 2 bridgehead atoms. The highest BCUT2D eigenvalue weighted by atomic mass is 35.5. The fourth-order valence-corrected chi connectivity index (χ4v) is 5.32. The van der Waals surface area contributed by atoms with Crippen LogP contribution in [-0.2, 0) is 4.79 Å². The Kier molecular flexibility index (Phi) is 5.37. The Morgan fingerprint density at radius 2 is 2.08 bits per heavy atom. The third kappa shape index (κ3) is 3.99. The van der Waals surface area contributed by atoms with Crippen molar-refractivity contribution in [1.29, 1.82) is 0 Å². The molecule has 4 atom stereocenters. The van der Waals surface area contributed by atoms with Crippen LogP contribution in [0.5, 0.6) is 0 Å². The number of carbonyl (C=O) groups is 1. The van der Waals surface area contributed by atoms with Crippen molar-refractivity contribution in [3.63, 3.8) is 0 Å². The predicted molar refractivity (Wildman–Crippen MR) is 104 cm³/mol. The fourth-order valence-electron chi connectivity index (χ4n) is 5.21. The second-order valence-corrected chi connectivity index (χ2v) is 8.73. The summed E-state index contributed by atoms with van der Waals surface area (Å²) in [6, 6.07) is 4.15. The first-order chi connectivity index (χ1) is 12.6. The van der Waals surface area contributed by atoms with Gasteiger partial charge in [0.2, 0.25) is 5.91 Å². The molecule has 1 aromatic heterocycles. The molecule has 0 aromatic carbocycles. The number of carbonyl (C=O) groups excluding carboxylic acids is 1. The fraction of sp³-hybridized carbons (Fsp3) is 0.700. The molecule has 0 unspecified atom stereocenters. The lowest BCUT2D eigenvalue weighted by Gasteiger charge is -2.35. The van der Waals surface area contributed by atoms with Gasteiger partial charge < -0.3 is 10.2 Å². The van der Waals surface area contributed by atoms with Crippen molar-refractivity contribution in [3.8, 4) is 0 Å². The van der Waals surface area contributed by atoms with Crippen LogP contribution in [0.1, 0.15) is 32.6 Å². The summed E-state index contributed by atoms with van der Waals surface area (Å²) in [5.74, 6) is 3.62. The first kappa shape index (κ1) is 18.1. The summed E-state index contributed by atoms with van der Waals surface area (Å²) in [7, 11) is 0. The van der Waals surface area contributed by atoms with Crippen LogP contribution < -0.4 is 10.2 Å². The topological polar surface area (TPSA) is 48.5 Å². The quantitative estimate of drug-likeness (QED) is 0.858. The molecule has 2 saturated carbocycles. The lowest BCUT2D eigenvalue weighted by molar-refractivity contribution is -0.123. The normalized spacial score (nSPS) is 29.8. The van der Waals surface area contributed by atoms with Gasteiger partial charge in [-0.15, -0.1) is 0 Å². The molecule has 6 heteroatoms. The number of rotatable bonds is 5. The molecule has 1 N–H and O–H groups in total. The zero-order valence-electron chi connectivity index (χ0n) is 15.5. The van der Waals surface area contributed by atoms with E-state index in [-0.39, 0.29) is 5.91 Å². The van der Waals surface area contributed by atoms with Crippen LogP contribution in [0.2, 0.25) is 5.02 Å². The van der Waals surface area contributed by atoms with Crippen LogP contribution in [0, 0.1) is 17.8 Å². The SMILES string of the molecule is C[C@H](NC(=O)CN1CCN(c2ccc(Cl)cn2)CC1)[C@@H]1C[C@H]2CC[C@H]1C2. The Hall–Kier alpha value is -1.33. The Labute approximate surface area is 161 Å². The van der Waals surface area contributed by atoms with Gasteiger partial charge in [0.05, 0.1) is 11.6 Å². The molecule has 2 heterocycles. The van der Waals surface area contributed by atoms with Crippen LogP contribution in [0.4, 0.5) is 5.82 Å². The van der Waals surface area contributed by atoms with E-state index in [0.29, 0.717) is 23.5 Å². The van der Waals surface area contributed by atoms with E-state index in [1.165, 1.54) is 25.7 Å². The van der Waals surface area contributed by atoms with Crippen molar-refractivity contribution in [2.45, 2.75) is 38.6 Å². The van der Waals surface area contributed by atoms with Gasteiger partial charge in [0.25, 0.3) is 0 Å². The number of hydrogen-bond donors (Lipinski definition) is 1. The molecule has 1 saturated heterocycles. The minimum atomic E-state index is 0.179. The van der Waals surface area contributed by atoms with Crippen molar-refractivity contribution in [3.05, 3.63) is 23.4 Å². The lowest BCUT2D eigenvalue weighted by Crippen LogP contribution is -2.51. The second kappa shape index (κ2) is 7.73. The Bertz CT molecular complexity index is 629. The Morgan fingerprint density at radius 3 is 2.69 bits per heavy atom. The lowest BCUT2D eigenvalue weighted by atomic mass is 9.84. The molecule has 142 valence electrons. The van der Waals surface area contributed by atoms with Gasteiger partial charge in [0.1, 0.15) is 5.82 Å². The van der Waals surface area contributed by atoms with E-state index in [2.05, 4.69) is 27.0 Å². The van der Waals surface area contributed by atoms with Crippen molar-refractivity contribution in [2.24, 2.45) is 17.8 Å². The van der Waals surface area contributed by atoms with Gasteiger partial charge >= 0.3 is 0 Å². The standard InChI is InChI=1S/C20H29ClN4O/c1-14(18-11-15-2-3-16(18)10-15)23-20(26)13-24-6-8-25(9-7-24)19-5-4-17(21)12-22-19/h4-5,12,14-16,18H,2-3,6-11,13H2,1H3,(H,23,26)/t14-,15-,16-,18-/m0/s1. The van der Waals surface area contributed by atoms with E-state index in [1.54, 1.807) is 6.20 Å². The molecule has 1 aromatic rings. The smallest absolute Gasteiger partial charge is 0.234 e. The molecular formula is C20H29ClN4O. The van der Waals surface area contributed by atoms with Crippen LogP contribution in [-0.4, -0.2) is 54.6 Å². The number of pyridine rings is 1. The average molecular weight is 377 g/mol. The summed E-state index contributed by atoms with van der Waals surface area (Å²) in [4.78, 5) is 21.4. The van der Waals surface area contributed by atoms with E-state index in [9.17, 15) is 4.79 Å². The average Bonchev–Trinajstić information content (AvgIpc) is 3.26. The second-order valence-electron chi connectivity index (χ2n) is 8.29. The summed E-state index contributed by atoms with van der Waals surface area (Å²) >= 11 is 5.91. The van der Waals surface area contributed by atoms with Gasteiger partial charge in [0.15, 0.2) is 0 Å². The maximum atomic E-state index is 12.5. The molecule has 0 spiro atoms. The molecule has 3 fully saturated rings. The molecular weight excluding hydrogens is 348 g/mol. The van der Waals surface area contributed by atoms with Crippen molar-refractivity contribution in [2.75, 3.05) is 37.6 Å². The first-order valence-electron chi connectivity index (χ1n) is 9.96. The summed E-state index contributed by atoms with van der Waals surface area (Å²) in [6.07, 6.45) is 7.18. The molecule has 3 aliphatic rings. The molecule has 26 heavy (non-hydrogen) atoms. The van der Waals surface area contributed by atoms with E-state index < -0.39 is 0 Å². The van der Waals surface area contributed by atoms with Crippen molar-refractivity contribution >= 4 is 23.3 Å². The third-order valence-corrected chi connectivity index (χ3v) is 6.82. The number of fused-ring (bicyclic) bond motifs is 2. The largest absolute Gasteiger partial charge is 0.354 e. The number of anilines is 1. The number of nitrogens with one attached hydrogen (secondary N) is 1. The molecule has 1 amide bonds. The zero-order valence-corrected chi connectivity index (χ0v) is 16.3. The van der Waals surface area contributed by atoms with E-state index in [4.69, 9.17) is 11.6 Å². The monoisotopic (exact) mass is 376 g/mol. The highest BCUT2D eigenvalue weighted by Crippen LogP contribution is 2.49. The highest BCUT2D eigenvalue weighted by Gasteiger charge is 2.42. The van der Waals surface area contributed by atoms with Crippen molar-refractivity contribution in [1.82, 2.24) is 15.2 Å². The first-order valence-corrected chi connectivity index (χ1v) is 10.3. The minimum Gasteiger partial charge on any atom is -0.354 e.